The SMILES string of the molecule is COC(C(N)C=O)C(OC)C(O)CO. The predicted molar refractivity (Wildman–Crippen MR) is 48.7 cm³/mol. The molecule has 0 aromatic heterocycles. The van der Waals surface area contributed by atoms with E-state index in [1.165, 1.54) is 14.2 Å². The van der Waals surface area contributed by atoms with Gasteiger partial charge in [-0.1, -0.05) is 0 Å². The number of aliphatic hydroxyl groups excluding tert-OH is 2. The molecule has 0 rings (SSSR count). The number of hydrogen-bond acceptors (Lipinski definition) is 6. The van der Waals surface area contributed by atoms with Crippen molar-refractivity contribution in [3.8, 4) is 0 Å². The molecule has 6 nitrogen and oxygen atoms in total. The van der Waals surface area contributed by atoms with Crippen LogP contribution in [0.3, 0.4) is 0 Å². The van der Waals surface area contributed by atoms with E-state index in [1.54, 1.807) is 0 Å². The van der Waals surface area contributed by atoms with E-state index in [1.807, 2.05) is 0 Å². The summed E-state index contributed by atoms with van der Waals surface area (Å²) >= 11 is 0. The summed E-state index contributed by atoms with van der Waals surface area (Å²) in [6.45, 7) is -0.482. The first kappa shape index (κ1) is 13.5. The van der Waals surface area contributed by atoms with Gasteiger partial charge in [-0.05, 0) is 0 Å². The van der Waals surface area contributed by atoms with Gasteiger partial charge < -0.3 is 30.2 Å². The minimum absolute atomic E-state index is 0.482. The van der Waals surface area contributed by atoms with Crippen LogP contribution in [-0.2, 0) is 14.3 Å². The lowest BCUT2D eigenvalue weighted by Gasteiger charge is -2.29. The van der Waals surface area contributed by atoms with Gasteiger partial charge in [0.05, 0.1) is 12.6 Å². The smallest absolute Gasteiger partial charge is 0.139 e. The van der Waals surface area contributed by atoms with E-state index in [9.17, 15) is 9.90 Å². The summed E-state index contributed by atoms with van der Waals surface area (Å²) in [5.41, 5.74) is 5.43. The number of aldehydes is 1. The summed E-state index contributed by atoms with van der Waals surface area (Å²) in [5, 5.41) is 18.1. The minimum Gasteiger partial charge on any atom is -0.394 e. The number of nitrogens with two attached hydrogens (primary N) is 1. The third-order valence-electron chi connectivity index (χ3n) is 1.97. The Balaban J connectivity index is 4.51. The van der Waals surface area contributed by atoms with Gasteiger partial charge in [-0.25, -0.2) is 0 Å². The third-order valence-corrected chi connectivity index (χ3v) is 1.97. The van der Waals surface area contributed by atoms with Crippen molar-refractivity contribution in [3.63, 3.8) is 0 Å². The normalized spacial score (nSPS) is 19.8. The Morgan fingerprint density at radius 2 is 1.86 bits per heavy atom. The highest BCUT2D eigenvalue weighted by atomic mass is 16.5. The van der Waals surface area contributed by atoms with E-state index < -0.39 is 31.0 Å². The van der Waals surface area contributed by atoms with Gasteiger partial charge in [0.1, 0.15) is 24.6 Å². The van der Waals surface area contributed by atoms with Crippen LogP contribution in [0.1, 0.15) is 0 Å². The second-order valence-electron chi connectivity index (χ2n) is 2.86. The van der Waals surface area contributed by atoms with Crippen LogP contribution in [-0.4, -0.2) is 61.7 Å². The second kappa shape index (κ2) is 6.86. The Hall–Kier alpha value is -0.530. The maximum absolute atomic E-state index is 10.4. The summed E-state index contributed by atoms with van der Waals surface area (Å²) in [7, 11) is 2.69. The second-order valence-corrected chi connectivity index (χ2v) is 2.86. The lowest BCUT2D eigenvalue weighted by molar-refractivity contribution is -0.128. The molecule has 4 N–H and O–H groups in total. The van der Waals surface area contributed by atoms with Crippen LogP contribution in [0.2, 0.25) is 0 Å². The van der Waals surface area contributed by atoms with Gasteiger partial charge in [0.25, 0.3) is 0 Å². The highest BCUT2D eigenvalue weighted by Gasteiger charge is 2.32. The Bertz CT molecular complexity index is 166. The van der Waals surface area contributed by atoms with E-state index in [2.05, 4.69) is 0 Å². The molecule has 0 radical (unpaired) electrons. The number of ether oxygens (including phenoxy) is 2. The maximum atomic E-state index is 10.4. The van der Waals surface area contributed by atoms with Gasteiger partial charge in [0.2, 0.25) is 0 Å². The van der Waals surface area contributed by atoms with Gasteiger partial charge in [0, 0.05) is 14.2 Å². The molecule has 0 aromatic carbocycles. The molecule has 0 fully saturated rings. The highest BCUT2D eigenvalue weighted by Crippen LogP contribution is 2.09. The summed E-state index contributed by atoms with van der Waals surface area (Å²) in [4.78, 5) is 10.4. The molecule has 0 aromatic rings. The van der Waals surface area contributed by atoms with E-state index in [0.29, 0.717) is 6.29 Å². The number of carbonyl (C=O) groups excluding carboxylic acids is 1. The minimum atomic E-state index is -1.13. The molecule has 0 bridgehead atoms. The molecule has 84 valence electrons. The molecule has 0 aliphatic rings. The van der Waals surface area contributed by atoms with Crippen molar-refractivity contribution in [2.45, 2.75) is 24.4 Å². The quantitative estimate of drug-likeness (QED) is 0.413. The number of aliphatic hydroxyl groups is 2. The molecular formula is C8H17NO5. The fourth-order valence-corrected chi connectivity index (χ4v) is 1.20. The summed E-state index contributed by atoms with van der Waals surface area (Å²) < 4.78 is 9.83. The molecule has 0 amide bonds. The van der Waals surface area contributed by atoms with Gasteiger partial charge in [-0.2, -0.15) is 0 Å². The molecule has 0 aliphatic heterocycles. The molecular weight excluding hydrogens is 190 g/mol. The Morgan fingerprint density at radius 1 is 1.36 bits per heavy atom. The van der Waals surface area contributed by atoms with Crippen molar-refractivity contribution < 1.29 is 24.5 Å². The molecule has 0 saturated heterocycles. The molecule has 6 heteroatoms. The van der Waals surface area contributed by atoms with Gasteiger partial charge in [-0.3, -0.25) is 0 Å². The van der Waals surface area contributed by atoms with Crippen molar-refractivity contribution >= 4 is 6.29 Å². The largest absolute Gasteiger partial charge is 0.394 e. The average molecular weight is 207 g/mol. The number of carbonyl (C=O) groups is 1. The molecule has 4 unspecified atom stereocenters. The van der Waals surface area contributed by atoms with Crippen LogP contribution < -0.4 is 5.73 Å². The van der Waals surface area contributed by atoms with Crippen LogP contribution in [0.5, 0.6) is 0 Å². The first-order chi connectivity index (χ1) is 6.62. The first-order valence-corrected chi connectivity index (χ1v) is 4.17. The average Bonchev–Trinajstić information content (AvgIpc) is 2.23. The van der Waals surface area contributed by atoms with Crippen molar-refractivity contribution in [3.05, 3.63) is 0 Å². The fraction of sp³-hybridized carbons (Fsp3) is 0.875. The molecule has 4 atom stereocenters. The number of methoxy groups -OCH3 is 2. The topological polar surface area (TPSA) is 102 Å². The zero-order valence-electron chi connectivity index (χ0n) is 8.29. The molecule has 0 aliphatic carbocycles. The first-order valence-electron chi connectivity index (χ1n) is 4.17. The van der Waals surface area contributed by atoms with E-state index in [4.69, 9.17) is 20.3 Å². The van der Waals surface area contributed by atoms with Crippen LogP contribution in [0.25, 0.3) is 0 Å². The Morgan fingerprint density at radius 3 is 2.14 bits per heavy atom. The maximum Gasteiger partial charge on any atom is 0.139 e. The summed E-state index contributed by atoms with van der Waals surface area (Å²) in [6.07, 6.45) is -2.23. The molecule has 0 heterocycles. The number of hydrogen-bond donors (Lipinski definition) is 3. The summed E-state index contributed by atoms with van der Waals surface area (Å²) in [5.74, 6) is 0. The van der Waals surface area contributed by atoms with Crippen LogP contribution in [0.4, 0.5) is 0 Å². The standard InChI is InChI=1S/C8H17NO5/c1-13-7(5(9)3-10)8(14-2)6(12)4-11/h3,5-8,11-12H,4,9H2,1-2H3. The Kier molecular flexibility index (Phi) is 6.60. The predicted octanol–water partition coefficient (Wildman–Crippen LogP) is -2.10. The zero-order valence-corrected chi connectivity index (χ0v) is 8.29. The monoisotopic (exact) mass is 207 g/mol. The van der Waals surface area contributed by atoms with Crippen molar-refractivity contribution in [1.82, 2.24) is 0 Å². The van der Waals surface area contributed by atoms with Gasteiger partial charge in [-0.15, -0.1) is 0 Å². The van der Waals surface area contributed by atoms with Crippen molar-refractivity contribution in [2.24, 2.45) is 5.73 Å². The lowest BCUT2D eigenvalue weighted by atomic mass is 10.0. The van der Waals surface area contributed by atoms with E-state index in [-0.39, 0.29) is 0 Å². The molecule has 14 heavy (non-hydrogen) atoms. The van der Waals surface area contributed by atoms with E-state index in [0.717, 1.165) is 0 Å². The molecule has 0 saturated carbocycles. The van der Waals surface area contributed by atoms with Gasteiger partial charge in [0.15, 0.2) is 0 Å². The fourth-order valence-electron chi connectivity index (χ4n) is 1.20. The van der Waals surface area contributed by atoms with Gasteiger partial charge >= 0.3 is 0 Å². The van der Waals surface area contributed by atoms with Crippen molar-refractivity contribution in [1.29, 1.82) is 0 Å². The van der Waals surface area contributed by atoms with Crippen LogP contribution >= 0.6 is 0 Å². The van der Waals surface area contributed by atoms with Crippen LogP contribution in [0.15, 0.2) is 0 Å². The number of rotatable bonds is 7. The summed E-state index contributed by atoms with van der Waals surface area (Å²) in [6, 6.07) is -0.897. The highest BCUT2D eigenvalue weighted by molar-refractivity contribution is 5.58. The molecule has 0 spiro atoms. The third kappa shape index (κ3) is 3.32. The zero-order chi connectivity index (χ0) is 11.1. The van der Waals surface area contributed by atoms with Crippen LogP contribution in [0, 0.1) is 0 Å². The van der Waals surface area contributed by atoms with Crippen molar-refractivity contribution in [2.75, 3.05) is 20.8 Å². The lowest BCUT2D eigenvalue weighted by Crippen LogP contribution is -2.51. The Labute approximate surface area is 82.6 Å². The van der Waals surface area contributed by atoms with E-state index >= 15 is 0 Å².